The van der Waals surface area contributed by atoms with E-state index in [0.29, 0.717) is 19.6 Å². The van der Waals surface area contributed by atoms with Gasteiger partial charge < -0.3 is 29.6 Å². The van der Waals surface area contributed by atoms with Gasteiger partial charge in [0.2, 0.25) is 5.91 Å². The van der Waals surface area contributed by atoms with Gasteiger partial charge in [-0.05, 0) is 66.2 Å². The second-order valence-electron chi connectivity index (χ2n) is 10.9. The average Bonchev–Trinajstić information content (AvgIpc) is 3.59. The predicted molar refractivity (Wildman–Crippen MR) is 136 cm³/mol. The van der Waals surface area contributed by atoms with Crippen molar-refractivity contribution in [3.05, 3.63) is 11.6 Å². The van der Waals surface area contributed by atoms with Crippen LogP contribution in [0.1, 0.15) is 66.2 Å². The van der Waals surface area contributed by atoms with Crippen LogP contribution in [0.4, 0.5) is 8.68 Å². The number of rotatable bonds is 11. The Labute approximate surface area is 218 Å². The predicted octanol–water partition coefficient (Wildman–Crippen LogP) is 3.59. The van der Waals surface area contributed by atoms with Crippen LogP contribution in [0.5, 0.6) is 0 Å². The van der Waals surface area contributed by atoms with Gasteiger partial charge in [0.25, 0.3) is 0 Å². The summed E-state index contributed by atoms with van der Waals surface area (Å²) in [5.41, 5.74) is 0.354. The van der Waals surface area contributed by atoms with E-state index in [1.165, 1.54) is 5.57 Å². The number of methoxy groups -OCH3 is 1. The Morgan fingerprint density at radius 3 is 2.33 bits per heavy atom. The molecule has 2 saturated carbocycles. The molecule has 0 bridgehead atoms. The van der Waals surface area contributed by atoms with E-state index < -0.39 is 17.8 Å². The van der Waals surface area contributed by atoms with Crippen molar-refractivity contribution in [2.24, 2.45) is 5.92 Å². The number of ether oxygens (including phenoxy) is 4. The van der Waals surface area contributed by atoms with Crippen LogP contribution in [0.3, 0.4) is 0 Å². The number of alkyl carbamates (subject to hydrolysis) is 1. The fourth-order valence-electron chi connectivity index (χ4n) is 5.68. The maximum atomic E-state index is 12.8. The van der Waals surface area contributed by atoms with Gasteiger partial charge in [0.05, 0.1) is 31.0 Å². The molecule has 4 unspecified atom stereocenters. The Morgan fingerprint density at radius 2 is 1.78 bits per heavy atom. The molecule has 2 amide bonds. The van der Waals surface area contributed by atoms with Crippen molar-refractivity contribution in [2.75, 3.05) is 26.9 Å². The van der Waals surface area contributed by atoms with Gasteiger partial charge in [-0.3, -0.25) is 4.79 Å². The number of amides is 2. The molecule has 3 N–H and O–H groups in total. The van der Waals surface area contributed by atoms with E-state index in [1.54, 1.807) is 7.11 Å². The molecule has 0 aromatic heterocycles. The number of hydrogen-bond acceptors (Lipinski definition) is 8. The molecule has 9 nitrogen and oxygen atoms in total. The Bertz CT molecular complexity index is 782. The number of carbonyl (C=O) groups excluding carboxylic acids is 2. The zero-order chi connectivity index (χ0) is 26.3. The highest BCUT2D eigenvalue weighted by molar-refractivity contribution is 7.92. The Hall–Kier alpha value is -1.40. The fourth-order valence-corrected chi connectivity index (χ4v) is 5.87. The third kappa shape index (κ3) is 7.80. The first-order valence-electron chi connectivity index (χ1n) is 12.8. The molecule has 0 aromatic rings. The Balaban J connectivity index is 1.52. The molecule has 1 saturated heterocycles. The van der Waals surface area contributed by atoms with E-state index in [1.807, 2.05) is 13.8 Å². The second-order valence-corrected chi connectivity index (χ2v) is 11.3. The quantitative estimate of drug-likeness (QED) is 0.211. The van der Waals surface area contributed by atoms with E-state index >= 15 is 0 Å². The second kappa shape index (κ2) is 12.9. The summed E-state index contributed by atoms with van der Waals surface area (Å²) in [7, 11) is 1.65. The van der Waals surface area contributed by atoms with Crippen LogP contribution in [0.15, 0.2) is 11.6 Å². The highest BCUT2D eigenvalue weighted by Crippen LogP contribution is 2.52. The maximum Gasteiger partial charge on any atom is 0.407 e. The van der Waals surface area contributed by atoms with Crippen LogP contribution in [0, 0.1) is 5.92 Å². The summed E-state index contributed by atoms with van der Waals surface area (Å²) in [5, 5.41) is 5.88. The molecule has 1 heterocycles. The van der Waals surface area contributed by atoms with Crippen LogP contribution in [-0.4, -0.2) is 74.4 Å². The zero-order valence-corrected chi connectivity index (χ0v) is 22.9. The SMILES string of the molecule is COC1C(OC(=O)NC2CCC(NC(=O)CNSF)CC2)CCC2(CO2)C1C(C)(C)OCC=C(C)C. The number of nitrogens with one attached hydrogen (secondary N) is 3. The largest absolute Gasteiger partial charge is 0.443 e. The Kier molecular flexibility index (Phi) is 10.5. The molecule has 1 aliphatic heterocycles. The molecule has 206 valence electrons. The van der Waals surface area contributed by atoms with Crippen LogP contribution in [0.25, 0.3) is 0 Å². The van der Waals surface area contributed by atoms with E-state index in [0.717, 1.165) is 32.1 Å². The molecule has 36 heavy (non-hydrogen) atoms. The van der Waals surface area contributed by atoms with Crippen LogP contribution < -0.4 is 15.4 Å². The lowest BCUT2D eigenvalue weighted by molar-refractivity contribution is -0.172. The van der Waals surface area contributed by atoms with E-state index in [2.05, 4.69) is 35.3 Å². The standard InChI is InChI=1S/C25H42FN3O6S/c1-16(2)11-13-33-24(3,4)22-21(32-5)19(10-12-25(22)15-34-25)35-23(31)29-18-8-6-17(7-9-18)28-20(30)14-27-36-26/h11,17-19,21-22,27H,6-10,12-15H2,1-5H3,(H,28,30)(H,29,31). The minimum absolute atomic E-state index is 0.0208. The summed E-state index contributed by atoms with van der Waals surface area (Å²) in [6.45, 7) is 9.27. The molecule has 11 heteroatoms. The van der Waals surface area contributed by atoms with Gasteiger partial charge in [-0.1, -0.05) is 11.6 Å². The summed E-state index contributed by atoms with van der Waals surface area (Å²) < 4.78 is 38.4. The van der Waals surface area contributed by atoms with Gasteiger partial charge in [0, 0.05) is 25.1 Å². The topological polar surface area (TPSA) is 110 Å². The van der Waals surface area contributed by atoms with Gasteiger partial charge in [-0.15, -0.1) is 3.89 Å². The summed E-state index contributed by atoms with van der Waals surface area (Å²) in [6.07, 6.45) is 5.23. The first-order chi connectivity index (χ1) is 17.1. The summed E-state index contributed by atoms with van der Waals surface area (Å²) in [4.78, 5) is 24.6. The Morgan fingerprint density at radius 1 is 1.14 bits per heavy atom. The van der Waals surface area contributed by atoms with E-state index in [9.17, 15) is 13.5 Å². The highest BCUT2D eigenvalue weighted by Gasteiger charge is 2.64. The van der Waals surface area contributed by atoms with Crippen LogP contribution in [0.2, 0.25) is 0 Å². The van der Waals surface area contributed by atoms with Gasteiger partial charge in [-0.25, -0.2) is 9.52 Å². The maximum absolute atomic E-state index is 12.8. The van der Waals surface area contributed by atoms with Crippen molar-refractivity contribution in [1.29, 1.82) is 0 Å². The van der Waals surface area contributed by atoms with Crippen LogP contribution >= 0.6 is 12.3 Å². The monoisotopic (exact) mass is 531 g/mol. The summed E-state index contributed by atoms with van der Waals surface area (Å²) in [6, 6.07) is 0.00534. The number of epoxide rings is 1. The van der Waals surface area contributed by atoms with Gasteiger partial charge in [0.15, 0.2) is 0 Å². The normalized spacial score (nSPS) is 32.0. The first kappa shape index (κ1) is 29.2. The molecule has 3 rings (SSSR count). The molecular formula is C25H42FN3O6S. The third-order valence-electron chi connectivity index (χ3n) is 7.56. The molecular weight excluding hydrogens is 489 g/mol. The fraction of sp³-hybridized carbons (Fsp3) is 0.840. The molecule has 3 fully saturated rings. The molecule has 0 aromatic carbocycles. The molecule has 3 aliphatic rings. The minimum atomic E-state index is -0.539. The molecule has 2 aliphatic carbocycles. The number of carbonyl (C=O) groups is 2. The zero-order valence-electron chi connectivity index (χ0n) is 22.1. The molecule has 0 radical (unpaired) electrons. The lowest BCUT2D eigenvalue weighted by atomic mass is 9.68. The van der Waals surface area contributed by atoms with Crippen molar-refractivity contribution >= 4 is 24.3 Å². The lowest BCUT2D eigenvalue weighted by Crippen LogP contribution is -2.59. The first-order valence-corrected chi connectivity index (χ1v) is 13.5. The smallest absolute Gasteiger partial charge is 0.407 e. The van der Waals surface area contributed by atoms with Crippen molar-refractivity contribution in [3.8, 4) is 0 Å². The van der Waals surface area contributed by atoms with Crippen LogP contribution in [-0.2, 0) is 23.7 Å². The van der Waals surface area contributed by atoms with Crippen molar-refractivity contribution < 1.29 is 32.4 Å². The highest BCUT2D eigenvalue weighted by atomic mass is 32.2. The van der Waals surface area contributed by atoms with Gasteiger partial charge >= 0.3 is 6.09 Å². The third-order valence-corrected chi connectivity index (χ3v) is 7.81. The van der Waals surface area contributed by atoms with Crippen molar-refractivity contribution in [1.82, 2.24) is 15.4 Å². The number of allylic oxidation sites excluding steroid dienone is 1. The van der Waals surface area contributed by atoms with Crippen molar-refractivity contribution in [2.45, 2.75) is 102 Å². The molecule has 1 spiro atoms. The minimum Gasteiger partial charge on any atom is -0.443 e. The number of halogens is 1. The lowest BCUT2D eigenvalue weighted by Gasteiger charge is -2.47. The molecule has 4 atom stereocenters. The van der Waals surface area contributed by atoms with Crippen molar-refractivity contribution in [3.63, 3.8) is 0 Å². The van der Waals surface area contributed by atoms with E-state index in [-0.39, 0.29) is 54.5 Å². The summed E-state index contributed by atoms with van der Waals surface area (Å²) in [5.74, 6) is -0.324. The number of hydrogen-bond donors (Lipinski definition) is 3. The van der Waals surface area contributed by atoms with E-state index in [4.69, 9.17) is 18.9 Å². The van der Waals surface area contributed by atoms with Gasteiger partial charge in [0.1, 0.15) is 24.5 Å². The van der Waals surface area contributed by atoms with Gasteiger partial charge in [-0.2, -0.15) is 0 Å². The summed E-state index contributed by atoms with van der Waals surface area (Å²) >= 11 is -0.0734. The average molecular weight is 532 g/mol.